The zero-order valence-corrected chi connectivity index (χ0v) is 12.2. The molecular formula is C15H16N4S. The number of nitrogens with one attached hydrogen (secondary N) is 1. The maximum atomic E-state index is 4.84. The van der Waals surface area contributed by atoms with Crippen molar-refractivity contribution in [1.82, 2.24) is 14.7 Å². The molecule has 0 aliphatic carbocycles. The highest BCUT2D eigenvalue weighted by Crippen LogP contribution is 2.36. The third-order valence-corrected chi connectivity index (χ3v) is 4.58. The lowest BCUT2D eigenvalue weighted by atomic mass is 10.2. The van der Waals surface area contributed by atoms with Gasteiger partial charge in [0.1, 0.15) is 0 Å². The third-order valence-electron chi connectivity index (χ3n) is 3.83. The average molecular weight is 284 g/mol. The Hall–Kier alpha value is -1.85. The van der Waals surface area contributed by atoms with Gasteiger partial charge in [-0.15, -0.1) is 11.3 Å². The van der Waals surface area contributed by atoms with Crippen molar-refractivity contribution in [2.75, 3.05) is 18.5 Å². The van der Waals surface area contributed by atoms with E-state index in [9.17, 15) is 0 Å². The van der Waals surface area contributed by atoms with Crippen molar-refractivity contribution in [2.24, 2.45) is 0 Å². The molecule has 102 valence electrons. The maximum absolute atomic E-state index is 4.84. The molecule has 1 aliphatic heterocycles. The minimum absolute atomic E-state index is 0.825. The second-order valence-electron chi connectivity index (χ2n) is 5.00. The van der Waals surface area contributed by atoms with Gasteiger partial charge in [-0.05, 0) is 25.1 Å². The van der Waals surface area contributed by atoms with Crippen molar-refractivity contribution in [3.8, 4) is 0 Å². The van der Waals surface area contributed by atoms with Crippen LogP contribution in [0.2, 0.25) is 0 Å². The van der Waals surface area contributed by atoms with Crippen molar-refractivity contribution in [3.05, 3.63) is 47.1 Å². The summed E-state index contributed by atoms with van der Waals surface area (Å²) in [6.07, 6.45) is 3.20. The minimum Gasteiger partial charge on any atom is -0.324 e. The lowest BCUT2D eigenvalue weighted by Gasteiger charge is -2.18. The number of rotatable bonds is 3. The van der Waals surface area contributed by atoms with Crippen molar-refractivity contribution >= 4 is 27.8 Å². The van der Waals surface area contributed by atoms with Gasteiger partial charge in [-0.2, -0.15) is 0 Å². The van der Waals surface area contributed by atoms with E-state index in [2.05, 4.69) is 50.5 Å². The Morgan fingerprint density at radius 2 is 2.25 bits per heavy atom. The summed E-state index contributed by atoms with van der Waals surface area (Å²) < 4.78 is 2.19. The van der Waals surface area contributed by atoms with Crippen LogP contribution in [0.5, 0.6) is 0 Å². The second-order valence-corrected chi connectivity index (χ2v) is 5.87. The van der Waals surface area contributed by atoms with Crippen molar-refractivity contribution in [2.45, 2.75) is 13.0 Å². The number of anilines is 2. The zero-order valence-electron chi connectivity index (χ0n) is 11.3. The molecule has 0 amide bonds. The molecule has 5 heteroatoms. The first kappa shape index (κ1) is 11.9. The van der Waals surface area contributed by atoms with Gasteiger partial charge in [0, 0.05) is 30.4 Å². The van der Waals surface area contributed by atoms with Gasteiger partial charge in [-0.25, -0.2) is 4.98 Å². The van der Waals surface area contributed by atoms with Crippen molar-refractivity contribution in [1.29, 1.82) is 0 Å². The fourth-order valence-electron chi connectivity index (χ4n) is 2.93. The number of benzene rings is 1. The Morgan fingerprint density at radius 3 is 3.15 bits per heavy atom. The molecule has 0 radical (unpaired) electrons. The van der Waals surface area contributed by atoms with Crippen LogP contribution < -0.4 is 10.2 Å². The predicted octanol–water partition coefficient (Wildman–Crippen LogP) is 2.81. The SMILES string of the molecule is CNCc1c(N2CCc3ccccc32)nc2sccn12. The van der Waals surface area contributed by atoms with Gasteiger partial charge in [0.2, 0.25) is 0 Å². The summed E-state index contributed by atoms with van der Waals surface area (Å²) in [6.45, 7) is 1.84. The molecule has 0 saturated heterocycles. The molecule has 0 fully saturated rings. The number of aromatic nitrogens is 2. The molecule has 4 nitrogen and oxygen atoms in total. The smallest absolute Gasteiger partial charge is 0.195 e. The first-order valence-electron chi connectivity index (χ1n) is 6.83. The first-order valence-corrected chi connectivity index (χ1v) is 7.71. The van der Waals surface area contributed by atoms with Crippen LogP contribution in [-0.4, -0.2) is 23.0 Å². The number of hydrogen-bond donors (Lipinski definition) is 1. The van der Waals surface area contributed by atoms with E-state index < -0.39 is 0 Å². The van der Waals surface area contributed by atoms with E-state index in [-0.39, 0.29) is 0 Å². The first-order chi connectivity index (χ1) is 9.88. The predicted molar refractivity (Wildman–Crippen MR) is 83.0 cm³/mol. The molecule has 20 heavy (non-hydrogen) atoms. The Morgan fingerprint density at radius 1 is 1.35 bits per heavy atom. The van der Waals surface area contributed by atoms with E-state index >= 15 is 0 Å². The van der Waals surface area contributed by atoms with E-state index in [1.165, 1.54) is 16.9 Å². The summed E-state index contributed by atoms with van der Waals surface area (Å²) in [5.74, 6) is 1.09. The lowest BCUT2D eigenvalue weighted by Crippen LogP contribution is -2.18. The van der Waals surface area contributed by atoms with E-state index in [4.69, 9.17) is 4.98 Å². The van der Waals surface area contributed by atoms with Crippen molar-refractivity contribution in [3.63, 3.8) is 0 Å². The Kier molecular flexibility index (Phi) is 2.75. The molecular weight excluding hydrogens is 268 g/mol. The summed E-state index contributed by atoms with van der Waals surface area (Å²) >= 11 is 1.69. The van der Waals surface area contributed by atoms with Gasteiger partial charge in [0.05, 0.1) is 5.69 Å². The highest BCUT2D eigenvalue weighted by atomic mass is 32.1. The van der Waals surface area contributed by atoms with Gasteiger partial charge < -0.3 is 10.2 Å². The van der Waals surface area contributed by atoms with E-state index in [0.29, 0.717) is 0 Å². The number of hydrogen-bond acceptors (Lipinski definition) is 4. The molecule has 1 aliphatic rings. The quantitative estimate of drug-likeness (QED) is 0.803. The molecule has 1 N–H and O–H groups in total. The Balaban J connectivity index is 1.86. The fourth-order valence-corrected chi connectivity index (χ4v) is 3.66. The van der Waals surface area contributed by atoms with Crippen LogP contribution in [-0.2, 0) is 13.0 Å². The number of nitrogens with zero attached hydrogens (tertiary/aromatic N) is 3. The van der Waals surface area contributed by atoms with Crippen LogP contribution >= 0.6 is 11.3 Å². The summed E-state index contributed by atoms with van der Waals surface area (Å²) in [5, 5.41) is 5.34. The van der Waals surface area contributed by atoms with Gasteiger partial charge in [-0.3, -0.25) is 4.40 Å². The van der Waals surface area contributed by atoms with Crippen LogP contribution in [0.25, 0.3) is 4.96 Å². The second kappa shape index (κ2) is 4.61. The molecule has 0 spiro atoms. The molecule has 0 atom stereocenters. The lowest BCUT2D eigenvalue weighted by molar-refractivity contribution is 0.779. The van der Waals surface area contributed by atoms with Crippen LogP contribution in [0.4, 0.5) is 11.5 Å². The van der Waals surface area contributed by atoms with Gasteiger partial charge in [0.15, 0.2) is 10.8 Å². The maximum Gasteiger partial charge on any atom is 0.195 e. The third kappa shape index (κ3) is 1.67. The number of fused-ring (bicyclic) bond motifs is 2. The largest absolute Gasteiger partial charge is 0.324 e. The van der Waals surface area contributed by atoms with Crippen LogP contribution in [0.15, 0.2) is 35.8 Å². The highest BCUT2D eigenvalue weighted by molar-refractivity contribution is 7.15. The Labute approximate surface area is 121 Å². The van der Waals surface area contributed by atoms with E-state index in [1.54, 1.807) is 11.3 Å². The fraction of sp³-hybridized carbons (Fsp3) is 0.267. The summed E-state index contributed by atoms with van der Waals surface area (Å²) in [4.78, 5) is 8.25. The molecule has 4 rings (SSSR count). The molecule has 3 aromatic rings. The van der Waals surface area contributed by atoms with Crippen molar-refractivity contribution < 1.29 is 0 Å². The van der Waals surface area contributed by atoms with Gasteiger partial charge >= 0.3 is 0 Å². The Bertz CT molecular complexity index is 758. The van der Waals surface area contributed by atoms with Crippen LogP contribution in [0, 0.1) is 0 Å². The molecule has 0 unspecified atom stereocenters. The monoisotopic (exact) mass is 284 g/mol. The molecule has 3 heterocycles. The molecule has 0 bridgehead atoms. The highest BCUT2D eigenvalue weighted by Gasteiger charge is 2.25. The molecule has 0 saturated carbocycles. The van der Waals surface area contributed by atoms with Crippen LogP contribution in [0.1, 0.15) is 11.3 Å². The number of thiazole rings is 1. The van der Waals surface area contributed by atoms with Crippen LogP contribution in [0.3, 0.4) is 0 Å². The average Bonchev–Trinajstić information content (AvgIpc) is 3.14. The zero-order chi connectivity index (χ0) is 13.5. The summed E-state index contributed by atoms with van der Waals surface area (Å²) in [7, 11) is 1.98. The minimum atomic E-state index is 0.825. The van der Waals surface area contributed by atoms with Gasteiger partial charge in [0.25, 0.3) is 0 Å². The number of para-hydroxylation sites is 1. The standard InChI is InChI=1S/C15H16N4S/c1-16-10-13-14(17-15-19(13)8-9-20-15)18-7-6-11-4-2-3-5-12(11)18/h2-5,8-9,16H,6-7,10H2,1H3. The topological polar surface area (TPSA) is 32.6 Å². The van der Waals surface area contributed by atoms with E-state index in [0.717, 1.165) is 30.3 Å². The molecule has 1 aromatic carbocycles. The normalized spacial score (nSPS) is 14.2. The van der Waals surface area contributed by atoms with Gasteiger partial charge in [-0.1, -0.05) is 18.2 Å². The summed E-state index contributed by atoms with van der Waals surface area (Å²) in [6, 6.07) is 8.63. The molecule has 2 aromatic heterocycles. The summed E-state index contributed by atoms with van der Waals surface area (Å²) in [5.41, 5.74) is 3.95. The van der Waals surface area contributed by atoms with E-state index in [1.807, 2.05) is 7.05 Å². The number of imidazole rings is 1.